The molecule has 0 spiro atoms. The van der Waals surface area contributed by atoms with Gasteiger partial charge in [-0.2, -0.15) is 4.98 Å². The highest BCUT2D eigenvalue weighted by atomic mass is 16.5. The molecule has 0 saturated heterocycles. The molecular formula is C13H16N2O3. The summed E-state index contributed by atoms with van der Waals surface area (Å²) in [5, 5.41) is 0. The molecule has 1 aromatic carbocycles. The van der Waals surface area contributed by atoms with Crippen LogP contribution in [0.2, 0.25) is 0 Å². The van der Waals surface area contributed by atoms with Crippen LogP contribution in [0.3, 0.4) is 0 Å². The van der Waals surface area contributed by atoms with Crippen LogP contribution < -0.4 is 15.2 Å². The Morgan fingerprint density at radius 3 is 2.67 bits per heavy atom. The smallest absolute Gasteiger partial charge is 0.292 e. The third kappa shape index (κ3) is 2.11. The van der Waals surface area contributed by atoms with Gasteiger partial charge in [-0.25, -0.2) is 0 Å². The van der Waals surface area contributed by atoms with Crippen LogP contribution in [0.5, 0.6) is 11.5 Å². The van der Waals surface area contributed by atoms with Gasteiger partial charge in [-0.3, -0.25) is 0 Å². The topological polar surface area (TPSA) is 70.5 Å². The van der Waals surface area contributed by atoms with E-state index in [4.69, 9.17) is 19.6 Å². The molecule has 0 aliphatic rings. The fourth-order valence-corrected chi connectivity index (χ4v) is 1.81. The number of aryl methyl sites for hydroxylation is 1. The number of ether oxygens (including phenoxy) is 2. The van der Waals surface area contributed by atoms with Crippen molar-refractivity contribution >= 4 is 6.01 Å². The van der Waals surface area contributed by atoms with Gasteiger partial charge in [0.15, 0.2) is 5.76 Å². The van der Waals surface area contributed by atoms with E-state index in [1.165, 1.54) is 0 Å². The van der Waals surface area contributed by atoms with Gasteiger partial charge in [0, 0.05) is 6.07 Å². The van der Waals surface area contributed by atoms with E-state index in [1.807, 2.05) is 19.1 Å². The van der Waals surface area contributed by atoms with Crippen molar-refractivity contribution in [1.82, 2.24) is 4.98 Å². The number of hydrogen-bond donors (Lipinski definition) is 1. The first-order valence-electron chi connectivity index (χ1n) is 5.67. The van der Waals surface area contributed by atoms with Crippen molar-refractivity contribution in [3.8, 4) is 22.8 Å². The summed E-state index contributed by atoms with van der Waals surface area (Å²) < 4.78 is 16.0. The van der Waals surface area contributed by atoms with Gasteiger partial charge in [-0.1, -0.05) is 6.92 Å². The van der Waals surface area contributed by atoms with Crippen molar-refractivity contribution in [2.45, 2.75) is 13.3 Å². The molecule has 2 N–H and O–H groups in total. The van der Waals surface area contributed by atoms with Crippen molar-refractivity contribution in [3.63, 3.8) is 0 Å². The zero-order chi connectivity index (χ0) is 13.1. The minimum Gasteiger partial charge on any atom is -0.497 e. The quantitative estimate of drug-likeness (QED) is 0.900. The van der Waals surface area contributed by atoms with E-state index in [-0.39, 0.29) is 6.01 Å². The Kier molecular flexibility index (Phi) is 3.41. The Morgan fingerprint density at radius 2 is 2.06 bits per heavy atom. The molecule has 5 nitrogen and oxygen atoms in total. The van der Waals surface area contributed by atoms with Crippen LogP contribution in [0, 0.1) is 0 Å². The summed E-state index contributed by atoms with van der Waals surface area (Å²) in [6.45, 7) is 2.00. The maximum atomic E-state index is 5.60. The molecule has 18 heavy (non-hydrogen) atoms. The molecule has 1 aromatic heterocycles. The van der Waals surface area contributed by atoms with E-state index in [0.29, 0.717) is 11.5 Å². The molecular weight excluding hydrogens is 232 g/mol. The summed E-state index contributed by atoms with van der Waals surface area (Å²) in [7, 11) is 3.21. The molecule has 0 amide bonds. The molecule has 2 rings (SSSR count). The van der Waals surface area contributed by atoms with Crippen molar-refractivity contribution in [1.29, 1.82) is 0 Å². The van der Waals surface area contributed by atoms with Crippen LogP contribution in [0.1, 0.15) is 12.6 Å². The van der Waals surface area contributed by atoms with E-state index in [2.05, 4.69) is 4.98 Å². The molecule has 0 bridgehead atoms. The number of hydrogen-bond acceptors (Lipinski definition) is 5. The maximum absolute atomic E-state index is 5.60. The molecule has 1 heterocycles. The summed E-state index contributed by atoms with van der Waals surface area (Å²) in [5.41, 5.74) is 7.23. The maximum Gasteiger partial charge on any atom is 0.292 e. The molecule has 2 aromatic rings. The first-order chi connectivity index (χ1) is 8.69. The van der Waals surface area contributed by atoms with Gasteiger partial charge in [0.05, 0.1) is 25.5 Å². The van der Waals surface area contributed by atoms with E-state index in [0.717, 1.165) is 23.4 Å². The number of benzene rings is 1. The third-order valence-electron chi connectivity index (χ3n) is 2.70. The van der Waals surface area contributed by atoms with Gasteiger partial charge < -0.3 is 19.6 Å². The first kappa shape index (κ1) is 12.3. The summed E-state index contributed by atoms with van der Waals surface area (Å²) in [6, 6.07) is 5.68. The van der Waals surface area contributed by atoms with E-state index in [1.54, 1.807) is 20.3 Å². The lowest BCUT2D eigenvalue weighted by Crippen LogP contribution is -1.92. The standard InChI is InChI=1S/C13H16N2O3/c1-4-10-12(18-13(14)15-10)9-6-5-8(16-2)7-11(9)17-3/h5-7H,4H2,1-3H3,(H2,14,15). The molecule has 5 heteroatoms. The number of rotatable bonds is 4. The minimum absolute atomic E-state index is 0.166. The van der Waals surface area contributed by atoms with Crippen molar-refractivity contribution in [2.24, 2.45) is 0 Å². The van der Waals surface area contributed by atoms with E-state index >= 15 is 0 Å². The summed E-state index contributed by atoms with van der Waals surface area (Å²) >= 11 is 0. The van der Waals surface area contributed by atoms with Gasteiger partial charge in [0.25, 0.3) is 6.01 Å². The second kappa shape index (κ2) is 5.00. The SMILES string of the molecule is CCc1nc(N)oc1-c1ccc(OC)cc1OC. The number of anilines is 1. The predicted molar refractivity (Wildman–Crippen MR) is 68.8 cm³/mol. The number of nitrogens with zero attached hydrogens (tertiary/aromatic N) is 1. The normalized spacial score (nSPS) is 10.4. The van der Waals surface area contributed by atoms with E-state index < -0.39 is 0 Å². The molecule has 0 atom stereocenters. The van der Waals surface area contributed by atoms with Crippen LogP contribution >= 0.6 is 0 Å². The highest BCUT2D eigenvalue weighted by Crippen LogP contribution is 2.36. The van der Waals surface area contributed by atoms with Gasteiger partial charge >= 0.3 is 0 Å². The number of nitrogens with two attached hydrogens (primary N) is 1. The molecule has 0 aliphatic heterocycles. The van der Waals surface area contributed by atoms with Crippen molar-refractivity contribution < 1.29 is 13.9 Å². The average Bonchev–Trinajstić information content (AvgIpc) is 2.78. The Labute approximate surface area is 106 Å². The third-order valence-corrected chi connectivity index (χ3v) is 2.70. The summed E-state index contributed by atoms with van der Waals surface area (Å²) in [4.78, 5) is 4.15. The Bertz CT molecular complexity index is 549. The predicted octanol–water partition coefficient (Wildman–Crippen LogP) is 2.50. The monoisotopic (exact) mass is 248 g/mol. The number of oxazole rings is 1. The van der Waals surface area contributed by atoms with Gasteiger partial charge in [-0.15, -0.1) is 0 Å². The number of nitrogen functional groups attached to an aromatic ring is 1. The second-order valence-electron chi connectivity index (χ2n) is 3.75. The molecule has 96 valence electrons. The van der Waals surface area contributed by atoms with Crippen molar-refractivity contribution in [2.75, 3.05) is 20.0 Å². The zero-order valence-electron chi connectivity index (χ0n) is 10.7. The Hall–Kier alpha value is -2.17. The van der Waals surface area contributed by atoms with Crippen LogP contribution in [0.25, 0.3) is 11.3 Å². The second-order valence-corrected chi connectivity index (χ2v) is 3.75. The first-order valence-corrected chi connectivity index (χ1v) is 5.67. The fourth-order valence-electron chi connectivity index (χ4n) is 1.81. The lowest BCUT2D eigenvalue weighted by atomic mass is 10.1. The molecule has 0 unspecified atom stereocenters. The van der Waals surface area contributed by atoms with Gasteiger partial charge in [0.2, 0.25) is 0 Å². The lowest BCUT2D eigenvalue weighted by molar-refractivity contribution is 0.394. The van der Waals surface area contributed by atoms with Crippen LogP contribution in [-0.2, 0) is 6.42 Å². The molecule has 0 aliphatic carbocycles. The Morgan fingerprint density at radius 1 is 1.28 bits per heavy atom. The lowest BCUT2D eigenvalue weighted by Gasteiger charge is -2.09. The largest absolute Gasteiger partial charge is 0.497 e. The highest BCUT2D eigenvalue weighted by molar-refractivity contribution is 5.69. The van der Waals surface area contributed by atoms with Crippen LogP contribution in [0.4, 0.5) is 6.01 Å². The summed E-state index contributed by atoms with van der Waals surface area (Å²) in [5.74, 6) is 2.04. The molecule has 0 radical (unpaired) electrons. The van der Waals surface area contributed by atoms with Crippen LogP contribution in [-0.4, -0.2) is 19.2 Å². The molecule has 0 saturated carbocycles. The van der Waals surface area contributed by atoms with Gasteiger partial charge in [0.1, 0.15) is 11.5 Å². The summed E-state index contributed by atoms with van der Waals surface area (Å²) in [6.07, 6.45) is 0.741. The van der Waals surface area contributed by atoms with E-state index in [9.17, 15) is 0 Å². The minimum atomic E-state index is 0.166. The Balaban J connectivity index is 2.55. The fraction of sp³-hybridized carbons (Fsp3) is 0.308. The van der Waals surface area contributed by atoms with Crippen LogP contribution in [0.15, 0.2) is 22.6 Å². The van der Waals surface area contributed by atoms with Crippen molar-refractivity contribution in [3.05, 3.63) is 23.9 Å². The highest BCUT2D eigenvalue weighted by Gasteiger charge is 2.16. The average molecular weight is 248 g/mol. The number of methoxy groups -OCH3 is 2. The zero-order valence-corrected chi connectivity index (χ0v) is 10.7. The van der Waals surface area contributed by atoms with Gasteiger partial charge in [-0.05, 0) is 18.6 Å². The molecule has 0 fully saturated rings. The number of aromatic nitrogens is 1.